The predicted octanol–water partition coefficient (Wildman–Crippen LogP) is 1.17. The number of aliphatic hydroxyl groups excluding tert-OH is 1. The minimum Gasteiger partial charge on any atom is -0.396 e. The normalized spacial score (nSPS) is 24.0. The maximum atomic E-state index is 12.4. The summed E-state index contributed by atoms with van der Waals surface area (Å²) in [5.41, 5.74) is 1.27. The summed E-state index contributed by atoms with van der Waals surface area (Å²) in [5.74, 6) is 0.402. The Morgan fingerprint density at radius 3 is 2.71 bits per heavy atom. The van der Waals surface area contributed by atoms with Crippen molar-refractivity contribution >= 4 is 5.91 Å². The van der Waals surface area contributed by atoms with Gasteiger partial charge in [-0.15, -0.1) is 0 Å². The molecule has 5 heteroatoms. The van der Waals surface area contributed by atoms with E-state index < -0.39 is 0 Å². The van der Waals surface area contributed by atoms with E-state index in [2.05, 4.69) is 34.5 Å². The first-order chi connectivity index (χ1) is 11.7. The van der Waals surface area contributed by atoms with Crippen molar-refractivity contribution < 1.29 is 14.6 Å². The number of nitrogens with one attached hydrogen (secondary N) is 1. The topological polar surface area (TPSA) is 61.8 Å². The van der Waals surface area contributed by atoms with Gasteiger partial charge in [0.15, 0.2) is 0 Å². The van der Waals surface area contributed by atoms with Crippen LogP contribution in [0.4, 0.5) is 0 Å². The molecule has 2 aliphatic heterocycles. The molecule has 0 saturated carbocycles. The van der Waals surface area contributed by atoms with Crippen LogP contribution in [0.1, 0.15) is 24.8 Å². The number of amides is 1. The average Bonchev–Trinajstić information content (AvgIpc) is 3.09. The Labute approximate surface area is 144 Å². The quantitative estimate of drug-likeness (QED) is 0.821. The first kappa shape index (κ1) is 17.4. The molecule has 0 radical (unpaired) electrons. The summed E-state index contributed by atoms with van der Waals surface area (Å²) in [6.45, 7) is 4.52. The number of hydrogen-bond acceptors (Lipinski definition) is 4. The Bertz CT molecular complexity index is 529. The van der Waals surface area contributed by atoms with Crippen LogP contribution in [0.3, 0.4) is 0 Å². The Hall–Kier alpha value is -1.43. The molecule has 1 amide bonds. The first-order valence-corrected chi connectivity index (χ1v) is 8.95. The average molecular weight is 332 g/mol. The zero-order chi connectivity index (χ0) is 16.8. The molecule has 2 saturated heterocycles. The maximum absolute atomic E-state index is 12.4. The summed E-state index contributed by atoms with van der Waals surface area (Å²) in [4.78, 5) is 14.5. The molecule has 132 valence electrons. The number of rotatable bonds is 6. The second kappa shape index (κ2) is 8.10. The van der Waals surface area contributed by atoms with Gasteiger partial charge in [-0.05, 0) is 37.3 Å². The van der Waals surface area contributed by atoms with Crippen molar-refractivity contribution in [3.05, 3.63) is 35.9 Å². The summed E-state index contributed by atoms with van der Waals surface area (Å²) in [5, 5.41) is 12.4. The zero-order valence-corrected chi connectivity index (χ0v) is 14.2. The van der Waals surface area contributed by atoms with Gasteiger partial charge in [0.05, 0.1) is 6.54 Å². The standard InChI is InChI=1S/C19H28N2O3/c22-14-16-6-9-21(12-16)13-18(23)20-15-19(7-10-24-11-8-19)17-4-2-1-3-5-17/h1-5,16,22H,6-15H2,(H,20,23). The molecule has 0 aromatic heterocycles. The lowest BCUT2D eigenvalue weighted by molar-refractivity contribution is -0.122. The lowest BCUT2D eigenvalue weighted by atomic mass is 9.74. The van der Waals surface area contributed by atoms with E-state index in [1.807, 2.05) is 6.07 Å². The number of likely N-dealkylation sites (tertiary alicyclic amines) is 1. The van der Waals surface area contributed by atoms with E-state index in [1.54, 1.807) is 0 Å². The maximum Gasteiger partial charge on any atom is 0.234 e. The third-order valence-corrected chi connectivity index (χ3v) is 5.46. The van der Waals surface area contributed by atoms with Crippen LogP contribution < -0.4 is 5.32 Å². The second-order valence-electron chi connectivity index (χ2n) is 7.11. The van der Waals surface area contributed by atoms with Gasteiger partial charge in [0.1, 0.15) is 0 Å². The van der Waals surface area contributed by atoms with E-state index in [0.717, 1.165) is 45.6 Å². The van der Waals surface area contributed by atoms with Gasteiger partial charge in [0.25, 0.3) is 0 Å². The molecule has 0 bridgehead atoms. The molecule has 5 nitrogen and oxygen atoms in total. The monoisotopic (exact) mass is 332 g/mol. The third-order valence-electron chi connectivity index (χ3n) is 5.46. The van der Waals surface area contributed by atoms with Gasteiger partial charge < -0.3 is 15.2 Å². The number of carbonyl (C=O) groups is 1. The fourth-order valence-electron chi connectivity index (χ4n) is 3.85. The number of hydrogen-bond donors (Lipinski definition) is 2. The van der Waals surface area contributed by atoms with Crippen LogP contribution in [0.2, 0.25) is 0 Å². The van der Waals surface area contributed by atoms with E-state index in [1.165, 1.54) is 5.56 Å². The Morgan fingerprint density at radius 1 is 1.29 bits per heavy atom. The zero-order valence-electron chi connectivity index (χ0n) is 14.2. The summed E-state index contributed by atoms with van der Waals surface area (Å²) in [6, 6.07) is 10.5. The van der Waals surface area contributed by atoms with Crippen LogP contribution in [0.5, 0.6) is 0 Å². The van der Waals surface area contributed by atoms with Gasteiger partial charge in [0, 0.05) is 38.3 Å². The number of benzene rings is 1. The lowest BCUT2D eigenvalue weighted by Crippen LogP contribution is -2.46. The minimum atomic E-state index is -0.0200. The minimum absolute atomic E-state index is 0.0200. The Kier molecular flexibility index (Phi) is 5.87. The number of aliphatic hydroxyl groups is 1. The summed E-state index contributed by atoms with van der Waals surface area (Å²) in [6.07, 6.45) is 2.86. The fourth-order valence-corrected chi connectivity index (χ4v) is 3.85. The van der Waals surface area contributed by atoms with Crippen molar-refractivity contribution in [2.45, 2.75) is 24.7 Å². The van der Waals surface area contributed by atoms with Gasteiger partial charge >= 0.3 is 0 Å². The lowest BCUT2D eigenvalue weighted by Gasteiger charge is -2.38. The summed E-state index contributed by atoms with van der Waals surface area (Å²) >= 11 is 0. The highest BCUT2D eigenvalue weighted by molar-refractivity contribution is 5.78. The molecular weight excluding hydrogens is 304 g/mol. The molecule has 2 heterocycles. The van der Waals surface area contributed by atoms with Crippen molar-refractivity contribution in [1.82, 2.24) is 10.2 Å². The van der Waals surface area contributed by atoms with E-state index >= 15 is 0 Å². The van der Waals surface area contributed by atoms with Gasteiger partial charge in [-0.25, -0.2) is 0 Å². The van der Waals surface area contributed by atoms with E-state index in [0.29, 0.717) is 19.0 Å². The van der Waals surface area contributed by atoms with Gasteiger partial charge in [-0.2, -0.15) is 0 Å². The fraction of sp³-hybridized carbons (Fsp3) is 0.632. The smallest absolute Gasteiger partial charge is 0.234 e. The van der Waals surface area contributed by atoms with E-state index in [9.17, 15) is 9.90 Å². The number of carbonyl (C=O) groups excluding carboxylic acids is 1. The van der Waals surface area contributed by atoms with E-state index in [-0.39, 0.29) is 17.9 Å². The molecule has 1 atom stereocenters. The van der Waals surface area contributed by atoms with Gasteiger partial charge in [-0.1, -0.05) is 30.3 Å². The summed E-state index contributed by atoms with van der Waals surface area (Å²) < 4.78 is 5.54. The van der Waals surface area contributed by atoms with Crippen LogP contribution in [-0.4, -0.2) is 61.9 Å². The Balaban J connectivity index is 1.57. The van der Waals surface area contributed by atoms with Crippen LogP contribution in [0.15, 0.2) is 30.3 Å². The third kappa shape index (κ3) is 4.15. The molecule has 1 unspecified atom stereocenters. The first-order valence-electron chi connectivity index (χ1n) is 8.95. The predicted molar refractivity (Wildman–Crippen MR) is 92.8 cm³/mol. The molecule has 2 N–H and O–H groups in total. The number of nitrogens with zero attached hydrogens (tertiary/aromatic N) is 1. The van der Waals surface area contributed by atoms with E-state index in [4.69, 9.17) is 4.74 Å². The SMILES string of the molecule is O=C(CN1CCC(CO)C1)NCC1(c2ccccc2)CCOCC1. The summed E-state index contributed by atoms with van der Waals surface area (Å²) in [7, 11) is 0. The van der Waals surface area contributed by atoms with Crippen LogP contribution in [0, 0.1) is 5.92 Å². The van der Waals surface area contributed by atoms with Crippen molar-refractivity contribution in [2.24, 2.45) is 5.92 Å². The highest BCUT2D eigenvalue weighted by Crippen LogP contribution is 2.34. The van der Waals surface area contributed by atoms with Gasteiger partial charge in [-0.3, -0.25) is 9.69 Å². The number of ether oxygens (including phenoxy) is 1. The largest absolute Gasteiger partial charge is 0.396 e. The molecule has 2 fully saturated rings. The van der Waals surface area contributed by atoms with Crippen LogP contribution in [-0.2, 0) is 14.9 Å². The van der Waals surface area contributed by atoms with Crippen molar-refractivity contribution in [3.8, 4) is 0 Å². The molecule has 1 aromatic carbocycles. The molecular formula is C19H28N2O3. The molecule has 0 spiro atoms. The van der Waals surface area contributed by atoms with Crippen molar-refractivity contribution in [2.75, 3.05) is 46.0 Å². The highest BCUT2D eigenvalue weighted by atomic mass is 16.5. The molecule has 3 rings (SSSR count). The van der Waals surface area contributed by atoms with Crippen LogP contribution >= 0.6 is 0 Å². The van der Waals surface area contributed by atoms with Gasteiger partial charge in [0.2, 0.25) is 5.91 Å². The molecule has 0 aliphatic carbocycles. The molecule has 2 aliphatic rings. The Morgan fingerprint density at radius 2 is 2.04 bits per heavy atom. The highest BCUT2D eigenvalue weighted by Gasteiger charge is 2.35. The van der Waals surface area contributed by atoms with Crippen LogP contribution in [0.25, 0.3) is 0 Å². The molecule has 1 aromatic rings. The second-order valence-corrected chi connectivity index (χ2v) is 7.11. The molecule has 24 heavy (non-hydrogen) atoms. The van der Waals surface area contributed by atoms with Crippen molar-refractivity contribution in [3.63, 3.8) is 0 Å². The van der Waals surface area contributed by atoms with Crippen molar-refractivity contribution in [1.29, 1.82) is 0 Å².